The molecule has 20 heavy (non-hydrogen) atoms. The van der Waals surface area contributed by atoms with Gasteiger partial charge in [-0.25, -0.2) is 9.78 Å². The van der Waals surface area contributed by atoms with Crippen LogP contribution in [0.25, 0.3) is 0 Å². The molecule has 5 nitrogen and oxygen atoms in total. The first kappa shape index (κ1) is 14.9. The zero-order valence-electron chi connectivity index (χ0n) is 11.4. The van der Waals surface area contributed by atoms with Crippen LogP contribution in [0.15, 0.2) is 12.1 Å². The van der Waals surface area contributed by atoms with Crippen LogP contribution in [0.5, 0.6) is 0 Å². The molecular formula is C13H16ClN3O2S. The summed E-state index contributed by atoms with van der Waals surface area (Å²) in [5.41, 5.74) is 6.19. The SMILES string of the molecule is CCc1nc(C(=O)OC)c(N)n1CCc1ccc(Cl)s1. The van der Waals surface area contributed by atoms with E-state index in [-0.39, 0.29) is 5.69 Å². The average molecular weight is 314 g/mol. The van der Waals surface area contributed by atoms with Crippen molar-refractivity contribution in [1.29, 1.82) is 0 Å². The van der Waals surface area contributed by atoms with E-state index in [9.17, 15) is 4.79 Å². The smallest absolute Gasteiger partial charge is 0.360 e. The third-order valence-electron chi connectivity index (χ3n) is 2.99. The summed E-state index contributed by atoms with van der Waals surface area (Å²) >= 11 is 7.45. The third-order valence-corrected chi connectivity index (χ3v) is 4.28. The number of ether oxygens (including phenoxy) is 1. The number of halogens is 1. The maximum Gasteiger partial charge on any atom is 0.360 e. The fraction of sp³-hybridized carbons (Fsp3) is 0.385. The number of carbonyl (C=O) groups is 1. The molecule has 0 atom stereocenters. The number of methoxy groups -OCH3 is 1. The molecule has 2 aromatic rings. The second-order valence-electron chi connectivity index (χ2n) is 4.21. The van der Waals surface area contributed by atoms with Crippen molar-refractivity contribution < 1.29 is 9.53 Å². The highest BCUT2D eigenvalue weighted by atomic mass is 35.5. The van der Waals surface area contributed by atoms with E-state index in [1.807, 2.05) is 23.6 Å². The van der Waals surface area contributed by atoms with Crippen molar-refractivity contribution in [2.45, 2.75) is 26.3 Å². The van der Waals surface area contributed by atoms with Crippen molar-refractivity contribution in [3.8, 4) is 0 Å². The second-order valence-corrected chi connectivity index (χ2v) is 6.01. The number of nitrogens with two attached hydrogens (primary N) is 1. The summed E-state index contributed by atoms with van der Waals surface area (Å²) in [6.45, 7) is 2.64. The lowest BCUT2D eigenvalue weighted by molar-refractivity contribution is 0.0595. The van der Waals surface area contributed by atoms with Crippen molar-refractivity contribution in [2.24, 2.45) is 0 Å². The molecule has 2 N–H and O–H groups in total. The average Bonchev–Trinajstić information content (AvgIpc) is 2.99. The van der Waals surface area contributed by atoms with Gasteiger partial charge in [-0.1, -0.05) is 18.5 Å². The number of nitrogen functional groups attached to an aromatic ring is 1. The van der Waals surface area contributed by atoms with Crippen LogP contribution in [0.3, 0.4) is 0 Å². The van der Waals surface area contributed by atoms with Crippen molar-refractivity contribution in [2.75, 3.05) is 12.8 Å². The van der Waals surface area contributed by atoms with Gasteiger partial charge in [0.1, 0.15) is 11.6 Å². The first-order valence-electron chi connectivity index (χ1n) is 6.24. The fourth-order valence-electron chi connectivity index (χ4n) is 1.99. The highest BCUT2D eigenvalue weighted by molar-refractivity contribution is 7.16. The monoisotopic (exact) mass is 313 g/mol. The summed E-state index contributed by atoms with van der Waals surface area (Å²) < 4.78 is 7.31. The zero-order valence-corrected chi connectivity index (χ0v) is 12.9. The number of rotatable bonds is 5. The molecule has 0 unspecified atom stereocenters. The molecule has 0 aliphatic heterocycles. The van der Waals surface area contributed by atoms with Gasteiger partial charge in [0.15, 0.2) is 5.69 Å². The molecular weight excluding hydrogens is 298 g/mol. The van der Waals surface area contributed by atoms with Crippen molar-refractivity contribution in [3.05, 3.63) is 32.9 Å². The van der Waals surface area contributed by atoms with E-state index in [1.54, 1.807) is 11.3 Å². The molecule has 0 spiro atoms. The normalized spacial score (nSPS) is 10.8. The summed E-state index contributed by atoms with van der Waals surface area (Å²) in [4.78, 5) is 17.0. The number of imidazole rings is 1. The number of anilines is 1. The lowest BCUT2D eigenvalue weighted by Gasteiger charge is -2.07. The molecule has 0 saturated heterocycles. The lowest BCUT2D eigenvalue weighted by Crippen LogP contribution is -2.10. The van der Waals surface area contributed by atoms with Crippen molar-refractivity contribution in [1.82, 2.24) is 9.55 Å². The fourth-order valence-corrected chi connectivity index (χ4v) is 3.06. The molecule has 0 aliphatic rings. The largest absolute Gasteiger partial charge is 0.464 e. The highest BCUT2D eigenvalue weighted by Crippen LogP contribution is 2.23. The molecule has 0 aliphatic carbocycles. The summed E-state index contributed by atoms with van der Waals surface area (Å²) in [6.07, 6.45) is 1.50. The van der Waals surface area contributed by atoms with Gasteiger partial charge in [0.2, 0.25) is 0 Å². The number of hydrogen-bond acceptors (Lipinski definition) is 5. The number of aromatic nitrogens is 2. The molecule has 0 amide bonds. The van der Waals surface area contributed by atoms with Crippen LogP contribution in [0.1, 0.15) is 28.1 Å². The number of hydrogen-bond donors (Lipinski definition) is 1. The molecule has 7 heteroatoms. The van der Waals surface area contributed by atoms with E-state index in [1.165, 1.54) is 12.0 Å². The zero-order chi connectivity index (χ0) is 14.7. The molecule has 2 aromatic heterocycles. The topological polar surface area (TPSA) is 70.1 Å². The second kappa shape index (κ2) is 6.28. The number of aryl methyl sites for hydroxylation is 2. The first-order valence-corrected chi connectivity index (χ1v) is 7.43. The van der Waals surface area contributed by atoms with Gasteiger partial charge < -0.3 is 15.0 Å². The highest BCUT2D eigenvalue weighted by Gasteiger charge is 2.20. The summed E-state index contributed by atoms with van der Waals surface area (Å²) in [6, 6.07) is 3.87. The van der Waals surface area contributed by atoms with E-state index in [4.69, 9.17) is 17.3 Å². The van der Waals surface area contributed by atoms with Gasteiger partial charge in [0.25, 0.3) is 0 Å². The van der Waals surface area contributed by atoms with Gasteiger partial charge in [-0.2, -0.15) is 0 Å². The lowest BCUT2D eigenvalue weighted by atomic mass is 10.3. The molecule has 0 bridgehead atoms. The Labute approximate surface area is 126 Å². The van der Waals surface area contributed by atoms with E-state index in [0.29, 0.717) is 18.8 Å². The Morgan fingerprint density at radius 3 is 2.85 bits per heavy atom. The summed E-state index contributed by atoms with van der Waals surface area (Å²) in [5.74, 6) is 0.636. The van der Waals surface area contributed by atoms with E-state index in [0.717, 1.165) is 16.6 Å². The van der Waals surface area contributed by atoms with Gasteiger partial charge >= 0.3 is 5.97 Å². The van der Waals surface area contributed by atoms with Crippen LogP contribution in [0, 0.1) is 0 Å². The van der Waals surface area contributed by atoms with Gasteiger partial charge in [-0.15, -0.1) is 11.3 Å². The van der Waals surface area contributed by atoms with Gasteiger partial charge in [0, 0.05) is 17.8 Å². The van der Waals surface area contributed by atoms with E-state index >= 15 is 0 Å². The van der Waals surface area contributed by atoms with Gasteiger partial charge in [0.05, 0.1) is 11.4 Å². The molecule has 0 saturated carbocycles. The van der Waals surface area contributed by atoms with Crippen molar-refractivity contribution in [3.63, 3.8) is 0 Å². The maximum absolute atomic E-state index is 11.6. The molecule has 0 radical (unpaired) electrons. The Bertz CT molecular complexity index is 621. The third kappa shape index (κ3) is 2.96. The van der Waals surface area contributed by atoms with Crippen molar-refractivity contribution >= 4 is 34.7 Å². The Morgan fingerprint density at radius 2 is 2.30 bits per heavy atom. The molecule has 2 rings (SSSR count). The predicted molar refractivity (Wildman–Crippen MR) is 80.4 cm³/mol. The Morgan fingerprint density at radius 1 is 1.55 bits per heavy atom. The summed E-state index contributed by atoms with van der Waals surface area (Å²) in [7, 11) is 1.32. The minimum atomic E-state index is -0.505. The Balaban J connectivity index is 2.21. The summed E-state index contributed by atoms with van der Waals surface area (Å²) in [5, 5.41) is 0. The Kier molecular flexibility index (Phi) is 4.67. The van der Waals surface area contributed by atoms with Crippen LogP contribution in [-0.2, 0) is 24.1 Å². The first-order chi connectivity index (χ1) is 9.56. The maximum atomic E-state index is 11.6. The number of nitrogens with zero attached hydrogens (tertiary/aromatic N) is 2. The number of carbonyl (C=O) groups excluding carboxylic acids is 1. The molecule has 2 heterocycles. The van der Waals surface area contributed by atoms with Crippen LogP contribution in [0.2, 0.25) is 4.34 Å². The van der Waals surface area contributed by atoms with E-state index < -0.39 is 5.97 Å². The van der Waals surface area contributed by atoms with Gasteiger partial charge in [-0.05, 0) is 18.6 Å². The molecule has 108 valence electrons. The molecule has 0 fully saturated rings. The molecule has 0 aromatic carbocycles. The van der Waals surface area contributed by atoms with Crippen LogP contribution in [0.4, 0.5) is 5.82 Å². The quantitative estimate of drug-likeness (QED) is 0.862. The van der Waals surface area contributed by atoms with Gasteiger partial charge in [-0.3, -0.25) is 0 Å². The Hall–Kier alpha value is -1.53. The minimum absolute atomic E-state index is 0.188. The standard InChI is InChI=1S/C13H16ClN3O2S/c1-3-10-16-11(13(18)19-2)12(15)17(10)7-6-8-4-5-9(14)20-8/h4-5H,3,6-7,15H2,1-2H3. The minimum Gasteiger partial charge on any atom is -0.464 e. The van der Waals surface area contributed by atoms with Crippen LogP contribution >= 0.6 is 22.9 Å². The number of thiophene rings is 1. The van der Waals surface area contributed by atoms with E-state index in [2.05, 4.69) is 9.72 Å². The van der Waals surface area contributed by atoms with Crippen LogP contribution < -0.4 is 5.73 Å². The van der Waals surface area contributed by atoms with Crippen LogP contribution in [-0.4, -0.2) is 22.6 Å². The number of esters is 1. The predicted octanol–water partition coefficient (Wildman–Crippen LogP) is 2.77.